The number of nitrogens with zero attached hydrogens (tertiary/aromatic N) is 1. The van der Waals surface area contributed by atoms with Crippen LogP contribution in [0.3, 0.4) is 0 Å². The Hall–Kier alpha value is -2.16. The number of benzene rings is 2. The van der Waals surface area contributed by atoms with Crippen LogP contribution in [0.2, 0.25) is 0 Å². The van der Waals surface area contributed by atoms with Gasteiger partial charge < -0.3 is 0 Å². The summed E-state index contributed by atoms with van der Waals surface area (Å²) in [6, 6.07) is 15.1. The fraction of sp³-hybridized carbons (Fsp3) is 0.200. The van der Waals surface area contributed by atoms with Crippen LogP contribution >= 0.6 is 0 Å². The molecule has 3 heteroatoms. The van der Waals surface area contributed by atoms with Gasteiger partial charge in [-0.1, -0.05) is 43.3 Å². The molecule has 0 amide bonds. The van der Waals surface area contributed by atoms with Gasteiger partial charge in [0.1, 0.15) is 0 Å². The summed E-state index contributed by atoms with van der Waals surface area (Å²) in [6.07, 6.45) is 1.82. The molecule has 2 rings (SSSR count). The van der Waals surface area contributed by atoms with Gasteiger partial charge in [-0.3, -0.25) is 10.1 Å². The molecule has 0 radical (unpaired) electrons. The number of non-ortho nitro benzene ring substituents is 1. The van der Waals surface area contributed by atoms with Crippen molar-refractivity contribution >= 4 is 5.69 Å². The van der Waals surface area contributed by atoms with Crippen LogP contribution in [0.1, 0.15) is 23.6 Å². The summed E-state index contributed by atoms with van der Waals surface area (Å²) < 4.78 is 0. The van der Waals surface area contributed by atoms with Crippen molar-refractivity contribution in [3.8, 4) is 0 Å². The summed E-state index contributed by atoms with van der Waals surface area (Å²) in [5.74, 6) is 0. The zero-order chi connectivity index (χ0) is 13.0. The first-order valence-electron chi connectivity index (χ1n) is 6.01. The zero-order valence-electron chi connectivity index (χ0n) is 10.3. The number of rotatable bonds is 4. The van der Waals surface area contributed by atoms with Crippen LogP contribution in [-0.2, 0) is 12.8 Å². The monoisotopic (exact) mass is 241 g/mol. The third-order valence-corrected chi connectivity index (χ3v) is 3.04. The molecule has 2 aromatic carbocycles. The predicted octanol–water partition coefficient (Wildman–Crippen LogP) is 3.75. The second kappa shape index (κ2) is 5.45. The van der Waals surface area contributed by atoms with E-state index in [9.17, 15) is 10.1 Å². The lowest BCUT2D eigenvalue weighted by Crippen LogP contribution is -1.95. The molecule has 3 nitrogen and oxygen atoms in total. The Morgan fingerprint density at radius 3 is 2.17 bits per heavy atom. The van der Waals surface area contributed by atoms with Gasteiger partial charge in [-0.05, 0) is 29.5 Å². The van der Waals surface area contributed by atoms with Crippen molar-refractivity contribution < 1.29 is 4.92 Å². The Kier molecular flexibility index (Phi) is 3.72. The van der Waals surface area contributed by atoms with Gasteiger partial charge in [-0.2, -0.15) is 0 Å². The van der Waals surface area contributed by atoms with Gasteiger partial charge in [-0.25, -0.2) is 0 Å². The molecule has 2 aromatic rings. The molecular weight excluding hydrogens is 226 g/mol. The lowest BCUT2D eigenvalue weighted by molar-refractivity contribution is -0.384. The molecule has 0 fully saturated rings. The molecule has 0 N–H and O–H groups in total. The van der Waals surface area contributed by atoms with Crippen LogP contribution in [-0.4, -0.2) is 4.92 Å². The van der Waals surface area contributed by atoms with Gasteiger partial charge in [0, 0.05) is 12.1 Å². The lowest BCUT2D eigenvalue weighted by Gasteiger charge is -2.07. The van der Waals surface area contributed by atoms with E-state index in [1.807, 2.05) is 24.3 Å². The first kappa shape index (κ1) is 12.3. The molecule has 0 saturated heterocycles. The minimum Gasteiger partial charge on any atom is -0.258 e. The van der Waals surface area contributed by atoms with Crippen molar-refractivity contribution in [2.24, 2.45) is 0 Å². The zero-order valence-corrected chi connectivity index (χ0v) is 10.3. The molecule has 0 aliphatic heterocycles. The number of hydrogen-bond donors (Lipinski definition) is 0. The van der Waals surface area contributed by atoms with E-state index in [0.717, 1.165) is 18.4 Å². The van der Waals surface area contributed by atoms with E-state index in [4.69, 9.17) is 0 Å². The number of nitro groups is 1. The van der Waals surface area contributed by atoms with E-state index >= 15 is 0 Å². The van der Waals surface area contributed by atoms with Crippen molar-refractivity contribution in [3.05, 3.63) is 75.3 Å². The van der Waals surface area contributed by atoms with E-state index in [0.29, 0.717) is 0 Å². The van der Waals surface area contributed by atoms with Crippen molar-refractivity contribution in [1.29, 1.82) is 0 Å². The van der Waals surface area contributed by atoms with Crippen LogP contribution in [0.4, 0.5) is 5.69 Å². The van der Waals surface area contributed by atoms with Crippen LogP contribution in [0.5, 0.6) is 0 Å². The molecule has 0 saturated carbocycles. The Balaban J connectivity index is 2.21. The maximum absolute atomic E-state index is 10.6. The molecule has 0 aliphatic carbocycles. The Labute approximate surface area is 106 Å². The first-order valence-corrected chi connectivity index (χ1v) is 6.01. The highest BCUT2D eigenvalue weighted by Crippen LogP contribution is 2.17. The maximum Gasteiger partial charge on any atom is 0.269 e. The summed E-state index contributed by atoms with van der Waals surface area (Å²) >= 11 is 0. The molecule has 0 atom stereocenters. The molecule has 0 bridgehead atoms. The quantitative estimate of drug-likeness (QED) is 0.604. The minimum absolute atomic E-state index is 0.141. The second-order valence-corrected chi connectivity index (χ2v) is 4.22. The third-order valence-electron chi connectivity index (χ3n) is 3.04. The number of nitro benzene ring substituents is 1. The van der Waals surface area contributed by atoms with E-state index in [1.165, 1.54) is 11.1 Å². The standard InChI is InChI=1S/C15H15NO2/c1-2-13-5-3-4-6-14(13)11-12-7-9-15(10-8-12)16(17)18/h3-10H,2,11H2,1H3. The van der Waals surface area contributed by atoms with Crippen LogP contribution in [0.15, 0.2) is 48.5 Å². The van der Waals surface area contributed by atoms with Gasteiger partial charge >= 0.3 is 0 Å². The Bertz CT molecular complexity index is 547. The van der Waals surface area contributed by atoms with Crippen LogP contribution in [0.25, 0.3) is 0 Å². The smallest absolute Gasteiger partial charge is 0.258 e. The summed E-state index contributed by atoms with van der Waals surface area (Å²) in [6.45, 7) is 2.13. The predicted molar refractivity (Wildman–Crippen MR) is 71.7 cm³/mol. The van der Waals surface area contributed by atoms with Gasteiger partial charge in [0.25, 0.3) is 5.69 Å². The highest BCUT2D eigenvalue weighted by atomic mass is 16.6. The summed E-state index contributed by atoms with van der Waals surface area (Å²) in [4.78, 5) is 10.2. The highest BCUT2D eigenvalue weighted by Gasteiger charge is 2.05. The van der Waals surface area contributed by atoms with E-state index in [-0.39, 0.29) is 10.6 Å². The average molecular weight is 241 g/mol. The fourth-order valence-corrected chi connectivity index (χ4v) is 2.03. The first-order chi connectivity index (χ1) is 8.70. The molecule has 0 spiro atoms. The van der Waals surface area contributed by atoms with Gasteiger partial charge in [-0.15, -0.1) is 0 Å². The van der Waals surface area contributed by atoms with Crippen molar-refractivity contribution in [3.63, 3.8) is 0 Å². The average Bonchev–Trinajstić information content (AvgIpc) is 2.40. The van der Waals surface area contributed by atoms with Crippen molar-refractivity contribution in [2.75, 3.05) is 0 Å². The second-order valence-electron chi connectivity index (χ2n) is 4.22. The molecule has 0 heterocycles. The number of aryl methyl sites for hydroxylation is 1. The Morgan fingerprint density at radius 1 is 1.00 bits per heavy atom. The SMILES string of the molecule is CCc1ccccc1Cc1ccc([N+](=O)[O-])cc1. The van der Waals surface area contributed by atoms with Crippen LogP contribution in [0, 0.1) is 10.1 Å². The van der Waals surface area contributed by atoms with Gasteiger partial charge in [0.2, 0.25) is 0 Å². The molecule has 92 valence electrons. The lowest BCUT2D eigenvalue weighted by atomic mass is 9.98. The van der Waals surface area contributed by atoms with Gasteiger partial charge in [0.05, 0.1) is 4.92 Å². The summed E-state index contributed by atoms with van der Waals surface area (Å²) in [5.41, 5.74) is 3.86. The molecular formula is C15H15NO2. The third kappa shape index (κ3) is 2.74. The van der Waals surface area contributed by atoms with Crippen molar-refractivity contribution in [1.82, 2.24) is 0 Å². The fourth-order valence-electron chi connectivity index (χ4n) is 2.03. The normalized spacial score (nSPS) is 10.3. The highest BCUT2D eigenvalue weighted by molar-refractivity contribution is 5.37. The van der Waals surface area contributed by atoms with E-state index in [1.54, 1.807) is 12.1 Å². The van der Waals surface area contributed by atoms with Gasteiger partial charge in [0.15, 0.2) is 0 Å². The van der Waals surface area contributed by atoms with Crippen molar-refractivity contribution in [2.45, 2.75) is 19.8 Å². The van der Waals surface area contributed by atoms with E-state index < -0.39 is 0 Å². The molecule has 0 aromatic heterocycles. The molecule has 0 unspecified atom stereocenters. The molecule has 0 aliphatic rings. The van der Waals surface area contributed by atoms with Crippen LogP contribution < -0.4 is 0 Å². The maximum atomic E-state index is 10.6. The molecule has 18 heavy (non-hydrogen) atoms. The minimum atomic E-state index is -0.371. The Morgan fingerprint density at radius 2 is 1.61 bits per heavy atom. The topological polar surface area (TPSA) is 43.1 Å². The number of hydrogen-bond acceptors (Lipinski definition) is 2. The van der Waals surface area contributed by atoms with E-state index in [2.05, 4.69) is 19.1 Å². The largest absolute Gasteiger partial charge is 0.269 e. The summed E-state index contributed by atoms with van der Waals surface area (Å²) in [7, 11) is 0. The summed E-state index contributed by atoms with van der Waals surface area (Å²) in [5, 5.41) is 10.6.